The summed E-state index contributed by atoms with van der Waals surface area (Å²) < 4.78 is 44.7. The van der Waals surface area contributed by atoms with Gasteiger partial charge in [-0.25, -0.2) is 0 Å². The van der Waals surface area contributed by atoms with Crippen molar-refractivity contribution in [1.29, 1.82) is 0 Å². The van der Waals surface area contributed by atoms with Crippen LogP contribution in [-0.2, 0) is 6.18 Å². The fourth-order valence-corrected chi connectivity index (χ4v) is 5.55. The zero-order valence-corrected chi connectivity index (χ0v) is 22.8. The van der Waals surface area contributed by atoms with Crippen molar-refractivity contribution in [2.75, 3.05) is 0 Å². The van der Waals surface area contributed by atoms with Crippen molar-refractivity contribution in [3.63, 3.8) is 0 Å². The van der Waals surface area contributed by atoms with Gasteiger partial charge in [0.1, 0.15) is 0 Å². The van der Waals surface area contributed by atoms with Gasteiger partial charge < -0.3 is 5.73 Å². The lowest BCUT2D eigenvalue weighted by Gasteiger charge is -2.18. The second kappa shape index (κ2) is 10.2. The lowest BCUT2D eigenvalue weighted by molar-refractivity contribution is -0.137. The quantitative estimate of drug-likeness (QED) is 0.216. The number of nitrogens with two attached hydrogens (primary N) is 1. The van der Waals surface area contributed by atoms with Gasteiger partial charge in [0.15, 0.2) is 0 Å². The van der Waals surface area contributed by atoms with Gasteiger partial charge in [-0.15, -0.1) is 0 Å². The predicted molar refractivity (Wildman–Crippen MR) is 165 cm³/mol. The van der Waals surface area contributed by atoms with Crippen LogP contribution in [0.15, 0.2) is 120 Å². The molecule has 7 rings (SSSR count). The highest BCUT2D eigenvalue weighted by atomic mass is 19.4. The van der Waals surface area contributed by atoms with E-state index in [4.69, 9.17) is 5.73 Å². The Kier molecular flexibility index (Phi) is 6.24. The molecule has 0 fully saturated rings. The Bertz CT molecular complexity index is 2330. The molecule has 0 aliphatic carbocycles. The van der Waals surface area contributed by atoms with Crippen LogP contribution in [-0.4, -0.2) is 20.4 Å². The molecule has 9 heteroatoms. The molecule has 44 heavy (non-hydrogen) atoms. The van der Waals surface area contributed by atoms with Crippen LogP contribution < -0.4 is 11.3 Å². The first kappa shape index (κ1) is 27.0. The van der Waals surface area contributed by atoms with Gasteiger partial charge in [-0.1, -0.05) is 42.5 Å². The Morgan fingerprint density at radius 1 is 0.705 bits per heavy atom. The molecule has 3 aromatic heterocycles. The molecule has 4 aromatic carbocycles. The summed E-state index contributed by atoms with van der Waals surface area (Å²) in [5.74, 6) is -0.681. The average Bonchev–Trinajstić information content (AvgIpc) is 3.03. The van der Waals surface area contributed by atoms with E-state index in [9.17, 15) is 22.8 Å². The van der Waals surface area contributed by atoms with E-state index in [1.54, 1.807) is 18.5 Å². The molecule has 0 spiro atoms. The molecule has 2 N–H and O–H groups in total. The summed E-state index contributed by atoms with van der Waals surface area (Å²) in [5.41, 5.74) is 7.80. The minimum absolute atomic E-state index is 0.0516. The molecule has 7 aromatic rings. The van der Waals surface area contributed by atoms with E-state index in [1.807, 2.05) is 48.5 Å². The molecular weight excluding hydrogens is 565 g/mol. The minimum Gasteiger partial charge on any atom is -0.366 e. The standard InChI is InChI=1S/C35H21F3N4O2/c36-35(37,38)29-17-26(11-12-27(29)20-5-7-21(8-6-20)34(39)44)42-32(43)14-10-24-18-41-31-13-9-22(16-28(31)33(24)42)25-15-23-3-1-2-4-30(23)40-19-25/h1-19H,(H2,39,44). The first-order valence-electron chi connectivity index (χ1n) is 13.6. The van der Waals surface area contributed by atoms with E-state index in [0.717, 1.165) is 28.1 Å². The number of carbonyl (C=O) groups excluding carboxylic acids is 1. The highest BCUT2D eigenvalue weighted by Gasteiger charge is 2.34. The summed E-state index contributed by atoms with van der Waals surface area (Å²) in [6, 6.07) is 27.7. The molecule has 3 heterocycles. The Morgan fingerprint density at radius 2 is 1.45 bits per heavy atom. The third-order valence-electron chi connectivity index (χ3n) is 7.69. The summed E-state index contributed by atoms with van der Waals surface area (Å²) in [5, 5.41) is 2.15. The van der Waals surface area contributed by atoms with Crippen LogP contribution in [0.5, 0.6) is 0 Å². The van der Waals surface area contributed by atoms with Gasteiger partial charge in [-0.2, -0.15) is 13.2 Å². The molecule has 214 valence electrons. The number of para-hydroxylation sites is 1. The molecule has 0 aliphatic rings. The van der Waals surface area contributed by atoms with Gasteiger partial charge in [-0.3, -0.25) is 24.1 Å². The number of rotatable bonds is 4. The Balaban J connectivity index is 1.45. The first-order chi connectivity index (χ1) is 21.2. The molecule has 6 nitrogen and oxygen atoms in total. The molecule has 0 bridgehead atoms. The van der Waals surface area contributed by atoms with Crippen molar-refractivity contribution in [1.82, 2.24) is 14.5 Å². The predicted octanol–water partition coefficient (Wildman–Crippen LogP) is 7.54. The van der Waals surface area contributed by atoms with Crippen molar-refractivity contribution in [2.24, 2.45) is 5.73 Å². The van der Waals surface area contributed by atoms with Crippen LogP contribution in [0.25, 0.3) is 60.6 Å². The zero-order chi connectivity index (χ0) is 30.6. The van der Waals surface area contributed by atoms with Crippen molar-refractivity contribution in [3.05, 3.63) is 137 Å². The van der Waals surface area contributed by atoms with Crippen molar-refractivity contribution >= 4 is 38.6 Å². The second-order valence-electron chi connectivity index (χ2n) is 10.4. The number of benzene rings is 4. The highest BCUT2D eigenvalue weighted by Crippen LogP contribution is 2.39. The van der Waals surface area contributed by atoms with Gasteiger partial charge >= 0.3 is 6.18 Å². The third-order valence-corrected chi connectivity index (χ3v) is 7.69. The highest BCUT2D eigenvalue weighted by molar-refractivity contribution is 6.05. The Labute approximate surface area is 247 Å². The van der Waals surface area contributed by atoms with Crippen LogP contribution >= 0.6 is 0 Å². The van der Waals surface area contributed by atoms with Crippen LogP contribution in [0.1, 0.15) is 15.9 Å². The number of halogens is 3. The second-order valence-corrected chi connectivity index (χ2v) is 10.4. The molecule has 0 saturated carbocycles. The number of alkyl halides is 3. The maximum absolute atomic E-state index is 14.5. The molecule has 0 saturated heterocycles. The minimum atomic E-state index is -4.73. The van der Waals surface area contributed by atoms with Crippen LogP contribution in [0.2, 0.25) is 0 Å². The van der Waals surface area contributed by atoms with Gasteiger partial charge in [0, 0.05) is 51.4 Å². The normalized spacial score (nSPS) is 11.8. The monoisotopic (exact) mass is 586 g/mol. The van der Waals surface area contributed by atoms with E-state index in [2.05, 4.69) is 9.97 Å². The van der Waals surface area contributed by atoms with Gasteiger partial charge in [0.25, 0.3) is 5.56 Å². The average molecular weight is 587 g/mol. The summed E-state index contributed by atoms with van der Waals surface area (Å²) >= 11 is 0. The molecular formula is C35H21F3N4O2. The fourth-order valence-electron chi connectivity index (χ4n) is 5.55. The third kappa shape index (κ3) is 4.64. The molecule has 0 unspecified atom stereocenters. The lowest BCUT2D eigenvalue weighted by Crippen LogP contribution is -2.19. The van der Waals surface area contributed by atoms with Crippen molar-refractivity contribution in [2.45, 2.75) is 6.18 Å². The van der Waals surface area contributed by atoms with E-state index in [1.165, 1.54) is 47.0 Å². The van der Waals surface area contributed by atoms with Crippen molar-refractivity contribution in [3.8, 4) is 27.9 Å². The van der Waals surface area contributed by atoms with E-state index in [-0.39, 0.29) is 22.4 Å². The number of fused-ring (bicyclic) bond motifs is 4. The van der Waals surface area contributed by atoms with Crippen molar-refractivity contribution < 1.29 is 18.0 Å². The molecule has 0 atom stereocenters. The van der Waals surface area contributed by atoms with Crippen LogP contribution in [0, 0.1) is 0 Å². The number of nitrogens with zero attached hydrogens (tertiary/aromatic N) is 3. The summed E-state index contributed by atoms with van der Waals surface area (Å²) in [6.07, 6.45) is -1.37. The van der Waals surface area contributed by atoms with Crippen LogP contribution in [0.3, 0.4) is 0 Å². The van der Waals surface area contributed by atoms with E-state index >= 15 is 0 Å². The Hall–Kier alpha value is -5.83. The number of amides is 1. The molecule has 1 amide bonds. The maximum Gasteiger partial charge on any atom is 0.417 e. The Morgan fingerprint density at radius 3 is 2.23 bits per heavy atom. The first-order valence-corrected chi connectivity index (χ1v) is 13.6. The lowest BCUT2D eigenvalue weighted by atomic mass is 9.97. The van der Waals surface area contributed by atoms with E-state index < -0.39 is 23.2 Å². The van der Waals surface area contributed by atoms with Crippen LogP contribution in [0.4, 0.5) is 13.2 Å². The zero-order valence-electron chi connectivity index (χ0n) is 22.8. The molecule has 0 aliphatic heterocycles. The summed E-state index contributed by atoms with van der Waals surface area (Å²) in [7, 11) is 0. The summed E-state index contributed by atoms with van der Waals surface area (Å²) in [6.45, 7) is 0. The largest absolute Gasteiger partial charge is 0.417 e. The number of hydrogen-bond acceptors (Lipinski definition) is 4. The number of hydrogen-bond donors (Lipinski definition) is 1. The van der Waals surface area contributed by atoms with Gasteiger partial charge in [0.05, 0.1) is 22.1 Å². The smallest absolute Gasteiger partial charge is 0.366 e. The van der Waals surface area contributed by atoms with E-state index in [0.29, 0.717) is 21.8 Å². The number of carbonyl (C=O) groups is 1. The summed E-state index contributed by atoms with van der Waals surface area (Å²) in [4.78, 5) is 34.0. The topological polar surface area (TPSA) is 90.9 Å². The maximum atomic E-state index is 14.5. The number of aromatic nitrogens is 3. The SMILES string of the molecule is NC(=O)c1ccc(-c2ccc(-n3c(=O)ccc4cnc5ccc(-c6cnc7ccccc7c6)cc5c43)cc2C(F)(F)F)cc1. The van der Waals surface area contributed by atoms with Gasteiger partial charge in [0.2, 0.25) is 5.91 Å². The molecule has 0 radical (unpaired) electrons. The number of pyridine rings is 3. The van der Waals surface area contributed by atoms with Gasteiger partial charge in [-0.05, 0) is 71.3 Å². The fraction of sp³-hybridized carbons (Fsp3) is 0.0286. The number of primary amides is 1.